The van der Waals surface area contributed by atoms with Crippen LogP contribution in [0.25, 0.3) is 0 Å². The third-order valence-electron chi connectivity index (χ3n) is 6.45. The molecule has 0 N–H and O–H groups in total. The third kappa shape index (κ3) is 2.00. The number of ketones is 1. The highest BCUT2D eigenvalue weighted by atomic mass is 16.5. The summed E-state index contributed by atoms with van der Waals surface area (Å²) in [5.41, 5.74) is 2.63. The van der Waals surface area contributed by atoms with Gasteiger partial charge in [0.2, 0.25) is 0 Å². The van der Waals surface area contributed by atoms with E-state index < -0.39 is 11.9 Å². The number of hydrogen-bond donors (Lipinski definition) is 0. The fraction of sp³-hybridized carbons (Fsp3) is 0.476. The molecule has 0 aliphatic heterocycles. The number of rotatable bonds is 2. The lowest BCUT2D eigenvalue weighted by Crippen LogP contribution is -2.33. The van der Waals surface area contributed by atoms with Gasteiger partial charge in [-0.25, -0.2) is 9.59 Å². The minimum absolute atomic E-state index is 0.0307. The Balaban J connectivity index is 1.94. The van der Waals surface area contributed by atoms with E-state index in [1.807, 2.05) is 12.2 Å². The van der Waals surface area contributed by atoms with E-state index >= 15 is 0 Å². The fourth-order valence-corrected chi connectivity index (χ4v) is 5.32. The molecule has 4 unspecified atom stereocenters. The summed E-state index contributed by atoms with van der Waals surface area (Å²) in [6.45, 7) is 4.29. The Bertz CT molecular complexity index is 852. The summed E-state index contributed by atoms with van der Waals surface area (Å²) in [7, 11) is 2.64. The van der Waals surface area contributed by atoms with Crippen molar-refractivity contribution in [2.75, 3.05) is 14.2 Å². The number of allylic oxidation sites excluding steroid dienone is 6. The maximum atomic E-state index is 12.7. The molecule has 136 valence electrons. The van der Waals surface area contributed by atoms with E-state index in [1.54, 1.807) is 6.08 Å². The van der Waals surface area contributed by atoms with Gasteiger partial charge in [0.05, 0.1) is 31.3 Å². The van der Waals surface area contributed by atoms with Gasteiger partial charge in [0.1, 0.15) is 0 Å². The molecule has 0 aromatic carbocycles. The van der Waals surface area contributed by atoms with Crippen LogP contribution < -0.4 is 0 Å². The molecule has 5 heteroatoms. The average molecular weight is 354 g/mol. The smallest absolute Gasteiger partial charge is 0.334 e. The maximum absolute atomic E-state index is 12.7. The van der Waals surface area contributed by atoms with Crippen LogP contribution in [0.4, 0.5) is 0 Å². The Labute approximate surface area is 152 Å². The number of methoxy groups -OCH3 is 2. The van der Waals surface area contributed by atoms with Gasteiger partial charge in [-0.3, -0.25) is 4.79 Å². The summed E-state index contributed by atoms with van der Waals surface area (Å²) in [4.78, 5) is 37.7. The minimum atomic E-state index is -0.508. The lowest BCUT2D eigenvalue weighted by atomic mass is 9.65. The first-order valence-electron chi connectivity index (χ1n) is 8.88. The topological polar surface area (TPSA) is 69.7 Å². The van der Waals surface area contributed by atoms with E-state index in [9.17, 15) is 14.4 Å². The van der Waals surface area contributed by atoms with Crippen molar-refractivity contribution in [2.24, 2.45) is 29.1 Å². The number of ether oxygens (including phenoxy) is 2. The van der Waals surface area contributed by atoms with Crippen LogP contribution in [-0.4, -0.2) is 31.9 Å². The minimum Gasteiger partial charge on any atom is -0.466 e. The van der Waals surface area contributed by atoms with E-state index in [4.69, 9.17) is 9.47 Å². The molecule has 4 aliphatic rings. The van der Waals surface area contributed by atoms with E-state index in [2.05, 4.69) is 19.9 Å². The zero-order chi connectivity index (χ0) is 18.8. The highest BCUT2D eigenvalue weighted by Crippen LogP contribution is 2.62. The monoisotopic (exact) mass is 354 g/mol. The van der Waals surface area contributed by atoms with Crippen LogP contribution in [0.1, 0.15) is 20.3 Å². The van der Waals surface area contributed by atoms with Crippen LogP contribution >= 0.6 is 0 Å². The molecule has 4 bridgehead atoms. The van der Waals surface area contributed by atoms with Crippen molar-refractivity contribution in [3.8, 4) is 0 Å². The van der Waals surface area contributed by atoms with Crippen LogP contribution in [0, 0.1) is 29.1 Å². The predicted octanol–water partition coefficient (Wildman–Crippen LogP) is 2.54. The Hall–Kier alpha value is -2.43. The molecule has 0 saturated carbocycles. The molecule has 0 radical (unpaired) electrons. The van der Waals surface area contributed by atoms with Crippen LogP contribution in [-0.2, 0) is 23.9 Å². The molecule has 0 saturated heterocycles. The number of hydrogen-bond acceptors (Lipinski definition) is 5. The van der Waals surface area contributed by atoms with Gasteiger partial charge in [-0.2, -0.15) is 0 Å². The summed E-state index contributed by atoms with van der Waals surface area (Å²) in [5.74, 6) is -1.72. The zero-order valence-electron chi connectivity index (χ0n) is 15.4. The summed E-state index contributed by atoms with van der Waals surface area (Å²) >= 11 is 0. The van der Waals surface area contributed by atoms with Gasteiger partial charge in [0, 0.05) is 17.8 Å². The van der Waals surface area contributed by atoms with E-state index in [-0.39, 0.29) is 34.9 Å². The van der Waals surface area contributed by atoms with Crippen molar-refractivity contribution in [3.05, 3.63) is 46.6 Å². The van der Waals surface area contributed by atoms with E-state index in [1.165, 1.54) is 14.2 Å². The molecule has 4 rings (SSSR count). The third-order valence-corrected chi connectivity index (χ3v) is 6.45. The Morgan fingerprint density at radius 3 is 2.23 bits per heavy atom. The molecular weight excluding hydrogens is 332 g/mol. The SMILES string of the molecule is COC(=O)C1=C(C(=O)OC)C2CC1C1=C2C(C)(C)C2C=CC(=O)C1C=C2. The standard InChI is InChI=1S/C21H22O5/c1-21(2)10-5-7-11(14(22)8-6-10)15-12-9-13(18(15)21)17(20(24)26-4)16(12)19(23)25-3/h5-8,10-13H,9H2,1-4H3. The second-order valence-electron chi connectivity index (χ2n) is 7.89. The Morgan fingerprint density at radius 2 is 1.62 bits per heavy atom. The van der Waals surface area contributed by atoms with Crippen molar-refractivity contribution in [2.45, 2.75) is 20.3 Å². The molecule has 0 aromatic heterocycles. The summed E-state index contributed by atoms with van der Waals surface area (Å²) < 4.78 is 9.94. The normalized spacial score (nSPS) is 33.3. The van der Waals surface area contributed by atoms with Gasteiger partial charge in [-0.15, -0.1) is 0 Å². The highest BCUT2D eigenvalue weighted by molar-refractivity contribution is 6.05. The van der Waals surface area contributed by atoms with Gasteiger partial charge in [-0.05, 0) is 23.5 Å². The molecule has 0 fully saturated rings. The van der Waals surface area contributed by atoms with Gasteiger partial charge in [-0.1, -0.05) is 37.6 Å². The number of fused-ring (bicyclic) bond motifs is 7. The molecule has 0 aromatic rings. The second kappa shape index (κ2) is 5.53. The lowest BCUT2D eigenvalue weighted by molar-refractivity contribution is -0.139. The first kappa shape index (κ1) is 17.0. The largest absolute Gasteiger partial charge is 0.466 e. The maximum Gasteiger partial charge on any atom is 0.334 e. The number of carbonyl (C=O) groups is 3. The summed E-state index contributed by atoms with van der Waals surface area (Å²) in [6, 6.07) is 0. The van der Waals surface area contributed by atoms with Crippen LogP contribution in [0.3, 0.4) is 0 Å². The molecular formula is C21H22O5. The Morgan fingerprint density at radius 1 is 1.00 bits per heavy atom. The van der Waals surface area contributed by atoms with Gasteiger partial charge >= 0.3 is 11.9 Å². The fourth-order valence-electron chi connectivity index (χ4n) is 5.32. The summed E-state index contributed by atoms with van der Waals surface area (Å²) in [6.07, 6.45) is 8.30. The molecule has 4 atom stereocenters. The number of carbonyl (C=O) groups excluding carboxylic acids is 3. The lowest BCUT2D eigenvalue weighted by Gasteiger charge is -2.38. The van der Waals surface area contributed by atoms with Crippen LogP contribution in [0.5, 0.6) is 0 Å². The molecule has 4 aliphatic carbocycles. The van der Waals surface area contributed by atoms with Gasteiger partial charge in [0.15, 0.2) is 5.78 Å². The first-order chi connectivity index (χ1) is 12.3. The van der Waals surface area contributed by atoms with Gasteiger partial charge in [0.25, 0.3) is 0 Å². The van der Waals surface area contributed by atoms with Crippen LogP contribution in [0.2, 0.25) is 0 Å². The summed E-state index contributed by atoms with van der Waals surface area (Å²) in [5, 5.41) is 0. The molecule has 0 spiro atoms. The quantitative estimate of drug-likeness (QED) is 0.563. The second-order valence-corrected chi connectivity index (χ2v) is 7.89. The molecule has 26 heavy (non-hydrogen) atoms. The molecule has 0 heterocycles. The van der Waals surface area contributed by atoms with Crippen molar-refractivity contribution in [1.29, 1.82) is 0 Å². The van der Waals surface area contributed by atoms with Crippen molar-refractivity contribution in [3.63, 3.8) is 0 Å². The van der Waals surface area contributed by atoms with Crippen molar-refractivity contribution in [1.82, 2.24) is 0 Å². The number of esters is 2. The van der Waals surface area contributed by atoms with Crippen molar-refractivity contribution >= 4 is 17.7 Å². The van der Waals surface area contributed by atoms with Gasteiger partial charge < -0.3 is 9.47 Å². The molecule has 0 amide bonds. The zero-order valence-corrected chi connectivity index (χ0v) is 15.4. The van der Waals surface area contributed by atoms with E-state index in [0.717, 1.165) is 11.1 Å². The highest BCUT2D eigenvalue weighted by Gasteiger charge is 2.57. The first-order valence-corrected chi connectivity index (χ1v) is 8.88. The predicted molar refractivity (Wildman–Crippen MR) is 93.7 cm³/mol. The van der Waals surface area contributed by atoms with Crippen molar-refractivity contribution < 1.29 is 23.9 Å². The molecule has 5 nitrogen and oxygen atoms in total. The Kier molecular flexibility index (Phi) is 3.62. The average Bonchev–Trinajstić information content (AvgIpc) is 3.07. The van der Waals surface area contributed by atoms with Crippen LogP contribution in [0.15, 0.2) is 46.6 Å². The van der Waals surface area contributed by atoms with E-state index in [0.29, 0.717) is 17.6 Å².